The molecule has 2 aromatic carbocycles. The molecule has 2 saturated heterocycles. The number of benzene rings is 2. The van der Waals surface area contributed by atoms with Crippen LogP contribution in [0.4, 0.5) is 11.5 Å². The van der Waals surface area contributed by atoms with Crippen LogP contribution in [0.15, 0.2) is 73.1 Å². The number of nitrogens with zero attached hydrogens (tertiary/aromatic N) is 5. The number of carbonyl (C=O) groups excluding carboxylic acids is 1. The Kier molecular flexibility index (Phi) is 5.05. The largest absolute Gasteiger partial charge is 0.368 e. The Morgan fingerprint density at radius 1 is 0.800 bits per heavy atom. The molecule has 0 N–H and O–H groups in total. The van der Waals surface area contributed by atoms with Crippen LogP contribution in [0.3, 0.4) is 0 Å². The lowest BCUT2D eigenvalue weighted by Gasteiger charge is -2.43. The number of hydrogen-bond donors (Lipinski definition) is 0. The Labute approximate surface area is 176 Å². The van der Waals surface area contributed by atoms with Gasteiger partial charge in [-0.3, -0.25) is 4.79 Å². The molecule has 152 valence electrons. The summed E-state index contributed by atoms with van der Waals surface area (Å²) in [6.45, 7) is 4.80. The quantitative estimate of drug-likeness (QED) is 0.675. The maximum atomic E-state index is 12.9. The van der Waals surface area contributed by atoms with Crippen LogP contribution in [0.25, 0.3) is 11.3 Å². The van der Waals surface area contributed by atoms with Gasteiger partial charge in [0.15, 0.2) is 0 Å². The highest BCUT2D eigenvalue weighted by atomic mass is 16.2. The molecule has 3 aromatic rings. The second-order valence-corrected chi connectivity index (χ2v) is 7.88. The molecule has 0 bridgehead atoms. The fourth-order valence-electron chi connectivity index (χ4n) is 4.19. The highest BCUT2D eigenvalue weighted by molar-refractivity contribution is 5.82. The van der Waals surface area contributed by atoms with Gasteiger partial charge in [-0.05, 0) is 12.1 Å². The summed E-state index contributed by atoms with van der Waals surface area (Å²) in [4.78, 5) is 28.3. The zero-order valence-corrected chi connectivity index (χ0v) is 16.9. The van der Waals surface area contributed by atoms with E-state index in [0.717, 1.165) is 56.3 Å². The van der Waals surface area contributed by atoms with Gasteiger partial charge in [-0.25, -0.2) is 9.97 Å². The molecular weight excluding hydrogens is 374 g/mol. The zero-order chi connectivity index (χ0) is 20.3. The molecular formula is C24H25N5O. The van der Waals surface area contributed by atoms with Crippen LogP contribution in [0.1, 0.15) is 0 Å². The number of piperazine rings is 1. The molecule has 0 aliphatic carbocycles. The topological polar surface area (TPSA) is 52.6 Å². The van der Waals surface area contributed by atoms with Crippen LogP contribution in [0.2, 0.25) is 0 Å². The molecule has 1 amide bonds. The molecule has 6 heteroatoms. The van der Waals surface area contributed by atoms with E-state index in [1.807, 2.05) is 47.4 Å². The molecule has 6 nitrogen and oxygen atoms in total. The number of para-hydroxylation sites is 1. The average Bonchev–Trinajstić information content (AvgIpc) is 2.79. The zero-order valence-electron chi connectivity index (χ0n) is 16.9. The predicted octanol–water partition coefficient (Wildman–Crippen LogP) is 2.93. The third-order valence-corrected chi connectivity index (χ3v) is 5.99. The van der Waals surface area contributed by atoms with Gasteiger partial charge in [0.1, 0.15) is 12.1 Å². The molecule has 0 radical (unpaired) electrons. The van der Waals surface area contributed by atoms with Crippen LogP contribution in [0, 0.1) is 5.92 Å². The minimum atomic E-state index is 0.0587. The first-order chi connectivity index (χ1) is 14.8. The summed E-state index contributed by atoms with van der Waals surface area (Å²) in [5.74, 6) is 1.22. The van der Waals surface area contributed by atoms with Gasteiger partial charge in [0, 0.05) is 56.6 Å². The number of aromatic nitrogens is 2. The third kappa shape index (κ3) is 3.73. The van der Waals surface area contributed by atoms with Crippen LogP contribution in [-0.2, 0) is 4.79 Å². The first kappa shape index (κ1) is 18.6. The van der Waals surface area contributed by atoms with E-state index in [1.165, 1.54) is 5.69 Å². The third-order valence-electron chi connectivity index (χ3n) is 5.99. The lowest BCUT2D eigenvalue weighted by molar-refractivity contribution is -0.136. The standard InChI is InChI=1S/C24H25N5O/c30-24(28-13-11-27(12-14-28)21-9-5-2-6-10-21)20-16-29(17-20)23-15-22(25-18-26-23)19-7-3-1-4-8-19/h1-10,15,18,20H,11-14,16-17H2. The van der Waals surface area contributed by atoms with Crippen molar-refractivity contribution < 1.29 is 4.79 Å². The highest BCUT2D eigenvalue weighted by Gasteiger charge is 2.37. The Balaban J connectivity index is 1.16. The fourth-order valence-corrected chi connectivity index (χ4v) is 4.19. The summed E-state index contributed by atoms with van der Waals surface area (Å²) in [5.41, 5.74) is 3.22. The Morgan fingerprint density at radius 3 is 2.17 bits per heavy atom. The summed E-state index contributed by atoms with van der Waals surface area (Å²) in [7, 11) is 0. The van der Waals surface area contributed by atoms with Gasteiger partial charge < -0.3 is 14.7 Å². The molecule has 0 saturated carbocycles. The lowest BCUT2D eigenvalue weighted by Crippen LogP contribution is -2.58. The van der Waals surface area contributed by atoms with Crippen molar-refractivity contribution in [1.82, 2.24) is 14.9 Å². The van der Waals surface area contributed by atoms with Gasteiger partial charge in [0.05, 0.1) is 11.6 Å². The molecule has 0 spiro atoms. The first-order valence-electron chi connectivity index (χ1n) is 10.5. The maximum Gasteiger partial charge on any atom is 0.229 e. The van der Waals surface area contributed by atoms with Crippen molar-refractivity contribution >= 4 is 17.4 Å². The predicted molar refractivity (Wildman–Crippen MR) is 118 cm³/mol. The van der Waals surface area contributed by atoms with E-state index < -0.39 is 0 Å². The van der Waals surface area contributed by atoms with E-state index in [0.29, 0.717) is 0 Å². The highest BCUT2D eigenvalue weighted by Crippen LogP contribution is 2.27. The number of rotatable bonds is 4. The van der Waals surface area contributed by atoms with Crippen molar-refractivity contribution in [3.8, 4) is 11.3 Å². The monoisotopic (exact) mass is 399 g/mol. The minimum Gasteiger partial charge on any atom is -0.368 e. The number of anilines is 2. The molecule has 2 aliphatic heterocycles. The Hall–Kier alpha value is -3.41. The van der Waals surface area contributed by atoms with Gasteiger partial charge in [0.25, 0.3) is 0 Å². The molecule has 0 unspecified atom stereocenters. The van der Waals surface area contributed by atoms with Gasteiger partial charge in [-0.1, -0.05) is 48.5 Å². The van der Waals surface area contributed by atoms with Crippen molar-refractivity contribution in [3.63, 3.8) is 0 Å². The maximum absolute atomic E-state index is 12.9. The second kappa shape index (κ2) is 8.14. The normalized spacial score (nSPS) is 17.0. The van der Waals surface area contributed by atoms with E-state index in [4.69, 9.17) is 0 Å². The van der Waals surface area contributed by atoms with E-state index >= 15 is 0 Å². The Morgan fingerprint density at radius 2 is 1.47 bits per heavy atom. The van der Waals surface area contributed by atoms with Crippen molar-refractivity contribution in [2.75, 3.05) is 49.1 Å². The summed E-state index contributed by atoms with van der Waals surface area (Å²) in [6, 6.07) is 22.5. The van der Waals surface area contributed by atoms with E-state index in [-0.39, 0.29) is 11.8 Å². The smallest absolute Gasteiger partial charge is 0.229 e. The molecule has 5 rings (SSSR count). The van der Waals surface area contributed by atoms with Crippen LogP contribution in [-0.4, -0.2) is 60.0 Å². The average molecular weight is 399 g/mol. The summed E-state index contributed by atoms with van der Waals surface area (Å²) < 4.78 is 0. The van der Waals surface area contributed by atoms with E-state index in [9.17, 15) is 4.79 Å². The molecule has 2 aliphatic rings. The van der Waals surface area contributed by atoms with Crippen molar-refractivity contribution in [2.24, 2.45) is 5.92 Å². The molecule has 30 heavy (non-hydrogen) atoms. The van der Waals surface area contributed by atoms with Crippen LogP contribution < -0.4 is 9.80 Å². The van der Waals surface area contributed by atoms with Crippen LogP contribution >= 0.6 is 0 Å². The molecule has 1 aromatic heterocycles. The molecule has 3 heterocycles. The SMILES string of the molecule is O=C(C1CN(c2cc(-c3ccccc3)ncn2)C1)N1CCN(c2ccccc2)CC1. The van der Waals surface area contributed by atoms with Gasteiger partial charge in [0.2, 0.25) is 5.91 Å². The van der Waals surface area contributed by atoms with E-state index in [2.05, 4.69) is 44.0 Å². The molecule has 2 fully saturated rings. The number of hydrogen-bond acceptors (Lipinski definition) is 5. The number of carbonyl (C=O) groups is 1. The van der Waals surface area contributed by atoms with Gasteiger partial charge in [-0.2, -0.15) is 0 Å². The number of amides is 1. The van der Waals surface area contributed by atoms with Gasteiger partial charge in [-0.15, -0.1) is 0 Å². The van der Waals surface area contributed by atoms with Crippen molar-refractivity contribution in [3.05, 3.63) is 73.1 Å². The molecule has 0 atom stereocenters. The fraction of sp³-hybridized carbons (Fsp3) is 0.292. The second-order valence-electron chi connectivity index (χ2n) is 7.88. The Bertz CT molecular complexity index is 996. The van der Waals surface area contributed by atoms with Crippen molar-refractivity contribution in [1.29, 1.82) is 0 Å². The summed E-state index contributed by atoms with van der Waals surface area (Å²) in [6.07, 6.45) is 1.61. The minimum absolute atomic E-state index is 0.0587. The first-order valence-corrected chi connectivity index (χ1v) is 10.5. The van der Waals surface area contributed by atoms with E-state index in [1.54, 1.807) is 6.33 Å². The summed E-state index contributed by atoms with van der Waals surface area (Å²) >= 11 is 0. The summed E-state index contributed by atoms with van der Waals surface area (Å²) in [5, 5.41) is 0. The van der Waals surface area contributed by atoms with Crippen molar-refractivity contribution in [2.45, 2.75) is 0 Å². The van der Waals surface area contributed by atoms with Gasteiger partial charge >= 0.3 is 0 Å². The van der Waals surface area contributed by atoms with Crippen LogP contribution in [0.5, 0.6) is 0 Å². The lowest BCUT2D eigenvalue weighted by atomic mass is 9.97.